The maximum atomic E-state index is 5.55. The summed E-state index contributed by atoms with van der Waals surface area (Å²) in [6.07, 6.45) is 1.99. The summed E-state index contributed by atoms with van der Waals surface area (Å²) in [4.78, 5) is 0. The molecule has 0 fully saturated rings. The van der Waals surface area contributed by atoms with Crippen LogP contribution in [0.2, 0.25) is 0 Å². The Morgan fingerprint density at radius 1 is 1.25 bits per heavy atom. The Balaban J connectivity index is 2.96. The molecule has 0 unspecified atom stereocenters. The lowest BCUT2D eigenvalue weighted by atomic mass is 10.0. The van der Waals surface area contributed by atoms with Crippen molar-refractivity contribution in [2.75, 3.05) is 20.3 Å². The number of benzene rings is 1. The highest BCUT2D eigenvalue weighted by Crippen LogP contribution is 2.31. The summed E-state index contributed by atoms with van der Waals surface area (Å²) in [5.41, 5.74) is 8.04. The van der Waals surface area contributed by atoms with Crippen molar-refractivity contribution in [1.29, 1.82) is 0 Å². The van der Waals surface area contributed by atoms with Crippen LogP contribution in [0.3, 0.4) is 0 Å². The Kier molecular flexibility index (Phi) is 5.12. The van der Waals surface area contributed by atoms with Crippen molar-refractivity contribution in [2.45, 2.75) is 26.7 Å². The van der Waals surface area contributed by atoms with E-state index in [4.69, 9.17) is 15.2 Å². The highest BCUT2D eigenvalue weighted by Gasteiger charge is 2.08. The van der Waals surface area contributed by atoms with E-state index in [1.807, 2.05) is 13.0 Å². The second-order valence-electron chi connectivity index (χ2n) is 3.75. The Morgan fingerprint density at radius 3 is 2.56 bits per heavy atom. The van der Waals surface area contributed by atoms with Crippen molar-refractivity contribution >= 4 is 0 Å². The van der Waals surface area contributed by atoms with Gasteiger partial charge < -0.3 is 15.2 Å². The standard InChI is InChI=1S/C13H21NO2/c1-4-16-13-9-11(6-5-7-14)10(2)8-12(13)15-3/h8-9H,4-7,14H2,1-3H3. The predicted molar refractivity (Wildman–Crippen MR) is 66.3 cm³/mol. The Bertz CT molecular complexity index is 337. The molecule has 90 valence electrons. The second kappa shape index (κ2) is 6.38. The summed E-state index contributed by atoms with van der Waals surface area (Å²) < 4.78 is 10.8. The molecule has 0 aliphatic rings. The molecule has 0 spiro atoms. The minimum absolute atomic E-state index is 0.649. The third-order valence-corrected chi connectivity index (χ3v) is 2.57. The lowest BCUT2D eigenvalue weighted by molar-refractivity contribution is 0.310. The van der Waals surface area contributed by atoms with E-state index in [0.29, 0.717) is 6.61 Å². The van der Waals surface area contributed by atoms with E-state index in [-0.39, 0.29) is 0 Å². The van der Waals surface area contributed by atoms with E-state index in [2.05, 4.69) is 13.0 Å². The molecule has 0 atom stereocenters. The molecular weight excluding hydrogens is 202 g/mol. The average Bonchev–Trinajstić information content (AvgIpc) is 2.29. The number of methoxy groups -OCH3 is 1. The third kappa shape index (κ3) is 3.14. The van der Waals surface area contributed by atoms with Gasteiger partial charge in [0.05, 0.1) is 13.7 Å². The van der Waals surface area contributed by atoms with Crippen molar-refractivity contribution < 1.29 is 9.47 Å². The van der Waals surface area contributed by atoms with Gasteiger partial charge in [-0.3, -0.25) is 0 Å². The van der Waals surface area contributed by atoms with Crippen LogP contribution >= 0.6 is 0 Å². The van der Waals surface area contributed by atoms with Gasteiger partial charge in [-0.05, 0) is 56.5 Å². The number of aryl methyl sites for hydroxylation is 2. The first-order valence-electron chi connectivity index (χ1n) is 5.73. The van der Waals surface area contributed by atoms with Crippen LogP contribution in [0.1, 0.15) is 24.5 Å². The topological polar surface area (TPSA) is 44.5 Å². The van der Waals surface area contributed by atoms with E-state index in [1.165, 1.54) is 11.1 Å². The zero-order valence-electron chi connectivity index (χ0n) is 10.4. The molecular formula is C13H21NO2. The maximum absolute atomic E-state index is 5.55. The molecule has 1 rings (SSSR count). The number of nitrogens with two attached hydrogens (primary N) is 1. The van der Waals surface area contributed by atoms with Crippen molar-refractivity contribution in [2.24, 2.45) is 5.73 Å². The van der Waals surface area contributed by atoms with E-state index in [9.17, 15) is 0 Å². The third-order valence-electron chi connectivity index (χ3n) is 2.57. The lowest BCUT2D eigenvalue weighted by Crippen LogP contribution is -2.03. The molecule has 1 aromatic carbocycles. The lowest BCUT2D eigenvalue weighted by Gasteiger charge is -2.13. The van der Waals surface area contributed by atoms with Crippen molar-refractivity contribution in [3.05, 3.63) is 23.3 Å². The van der Waals surface area contributed by atoms with Gasteiger partial charge in [0.15, 0.2) is 11.5 Å². The molecule has 0 saturated carbocycles. The molecule has 3 nitrogen and oxygen atoms in total. The molecule has 0 radical (unpaired) electrons. The molecule has 0 bridgehead atoms. The number of hydrogen-bond donors (Lipinski definition) is 1. The van der Waals surface area contributed by atoms with Gasteiger partial charge in [-0.25, -0.2) is 0 Å². The van der Waals surface area contributed by atoms with E-state index >= 15 is 0 Å². The molecule has 3 heteroatoms. The van der Waals surface area contributed by atoms with Crippen LogP contribution in [0.25, 0.3) is 0 Å². The summed E-state index contributed by atoms with van der Waals surface area (Å²) in [5, 5.41) is 0. The molecule has 0 aliphatic carbocycles. The summed E-state index contributed by atoms with van der Waals surface area (Å²) >= 11 is 0. The van der Waals surface area contributed by atoms with Crippen molar-refractivity contribution in [1.82, 2.24) is 0 Å². The zero-order chi connectivity index (χ0) is 12.0. The van der Waals surface area contributed by atoms with Crippen molar-refractivity contribution in [3.63, 3.8) is 0 Å². The Morgan fingerprint density at radius 2 is 2.00 bits per heavy atom. The van der Waals surface area contributed by atoms with Crippen LogP contribution in [-0.2, 0) is 6.42 Å². The molecule has 0 saturated heterocycles. The largest absolute Gasteiger partial charge is 0.493 e. The van der Waals surface area contributed by atoms with Crippen LogP contribution in [0.4, 0.5) is 0 Å². The van der Waals surface area contributed by atoms with Crippen LogP contribution in [0, 0.1) is 6.92 Å². The molecule has 1 aromatic rings. The summed E-state index contributed by atoms with van der Waals surface area (Å²) in [6.45, 7) is 5.42. The van der Waals surface area contributed by atoms with Gasteiger partial charge in [0.2, 0.25) is 0 Å². The first kappa shape index (κ1) is 12.8. The summed E-state index contributed by atoms with van der Waals surface area (Å²) in [7, 11) is 1.66. The van der Waals surface area contributed by atoms with Crippen LogP contribution in [0.15, 0.2) is 12.1 Å². The van der Waals surface area contributed by atoms with E-state index < -0.39 is 0 Å². The number of hydrogen-bond acceptors (Lipinski definition) is 3. The molecule has 16 heavy (non-hydrogen) atoms. The highest BCUT2D eigenvalue weighted by molar-refractivity contribution is 5.47. The van der Waals surface area contributed by atoms with Crippen molar-refractivity contribution in [3.8, 4) is 11.5 Å². The first-order chi connectivity index (χ1) is 7.72. The smallest absolute Gasteiger partial charge is 0.161 e. The fourth-order valence-electron chi connectivity index (χ4n) is 1.69. The molecule has 0 aliphatic heterocycles. The fraction of sp³-hybridized carbons (Fsp3) is 0.538. The van der Waals surface area contributed by atoms with Gasteiger partial charge in [0.25, 0.3) is 0 Å². The Labute approximate surface area is 97.6 Å². The minimum Gasteiger partial charge on any atom is -0.493 e. The molecule has 0 heterocycles. The summed E-state index contributed by atoms with van der Waals surface area (Å²) in [6, 6.07) is 4.09. The molecule has 0 aromatic heterocycles. The number of ether oxygens (including phenoxy) is 2. The summed E-state index contributed by atoms with van der Waals surface area (Å²) in [5.74, 6) is 1.62. The maximum Gasteiger partial charge on any atom is 0.161 e. The van der Waals surface area contributed by atoms with Gasteiger partial charge in [0.1, 0.15) is 0 Å². The monoisotopic (exact) mass is 223 g/mol. The van der Waals surface area contributed by atoms with Crippen LogP contribution in [0.5, 0.6) is 11.5 Å². The highest BCUT2D eigenvalue weighted by atomic mass is 16.5. The minimum atomic E-state index is 0.649. The van der Waals surface area contributed by atoms with Gasteiger partial charge >= 0.3 is 0 Å². The van der Waals surface area contributed by atoms with E-state index in [0.717, 1.165) is 30.9 Å². The van der Waals surface area contributed by atoms with Crippen LogP contribution < -0.4 is 15.2 Å². The van der Waals surface area contributed by atoms with Crippen LogP contribution in [-0.4, -0.2) is 20.3 Å². The average molecular weight is 223 g/mol. The van der Waals surface area contributed by atoms with E-state index in [1.54, 1.807) is 7.11 Å². The second-order valence-corrected chi connectivity index (χ2v) is 3.75. The van der Waals surface area contributed by atoms with Gasteiger partial charge in [0, 0.05) is 0 Å². The molecule has 2 N–H and O–H groups in total. The number of rotatable bonds is 6. The quantitative estimate of drug-likeness (QED) is 0.804. The van der Waals surface area contributed by atoms with Gasteiger partial charge in [-0.15, -0.1) is 0 Å². The zero-order valence-corrected chi connectivity index (χ0v) is 10.4. The SMILES string of the molecule is CCOc1cc(CCCN)c(C)cc1OC. The molecule has 0 amide bonds. The fourth-order valence-corrected chi connectivity index (χ4v) is 1.69. The van der Waals surface area contributed by atoms with Gasteiger partial charge in [-0.1, -0.05) is 0 Å². The first-order valence-corrected chi connectivity index (χ1v) is 5.73. The normalized spacial score (nSPS) is 10.2. The Hall–Kier alpha value is -1.22. The predicted octanol–water partition coefficient (Wildman–Crippen LogP) is 2.29. The van der Waals surface area contributed by atoms with Gasteiger partial charge in [-0.2, -0.15) is 0 Å².